The lowest BCUT2D eigenvalue weighted by Gasteiger charge is -2.16. The zero-order valence-electron chi connectivity index (χ0n) is 9.83. The number of carbonyl (C=O) groups is 1. The van der Waals surface area contributed by atoms with Crippen LogP contribution in [0.5, 0.6) is 0 Å². The summed E-state index contributed by atoms with van der Waals surface area (Å²) in [6.45, 7) is 2.17. The summed E-state index contributed by atoms with van der Waals surface area (Å²) in [6, 6.07) is 6.37. The molecule has 1 aromatic carbocycles. The Morgan fingerprint density at radius 3 is 2.56 bits per heavy atom. The molecular weight excluding hydrogens is 196 g/mol. The topological polar surface area (TPSA) is 17.1 Å². The highest BCUT2D eigenvalue weighted by Crippen LogP contribution is 2.40. The van der Waals surface area contributed by atoms with Gasteiger partial charge < -0.3 is 0 Å². The molecule has 3 rings (SSSR count). The van der Waals surface area contributed by atoms with Crippen LogP contribution in [0.15, 0.2) is 18.2 Å². The van der Waals surface area contributed by atoms with Gasteiger partial charge in [-0.1, -0.05) is 19.1 Å². The van der Waals surface area contributed by atoms with Crippen molar-refractivity contribution in [2.75, 3.05) is 0 Å². The molecule has 1 fully saturated rings. The zero-order chi connectivity index (χ0) is 11.1. The summed E-state index contributed by atoms with van der Waals surface area (Å²) >= 11 is 0. The first-order chi connectivity index (χ1) is 7.75. The van der Waals surface area contributed by atoms with Crippen LogP contribution in [-0.2, 0) is 12.8 Å². The molecule has 0 aliphatic heterocycles. The molecule has 0 radical (unpaired) electrons. The minimum Gasteiger partial charge on any atom is -0.294 e. The second-order valence-corrected chi connectivity index (χ2v) is 5.37. The van der Waals surface area contributed by atoms with E-state index >= 15 is 0 Å². The maximum absolute atomic E-state index is 12.1. The Hall–Kier alpha value is -1.11. The van der Waals surface area contributed by atoms with Crippen LogP contribution in [0, 0.1) is 11.8 Å². The zero-order valence-corrected chi connectivity index (χ0v) is 9.83. The van der Waals surface area contributed by atoms with Crippen LogP contribution < -0.4 is 0 Å². The predicted octanol–water partition coefficient (Wildman–Crippen LogP) is 3.40. The van der Waals surface area contributed by atoms with E-state index in [0.29, 0.717) is 17.6 Å². The molecule has 1 saturated carbocycles. The molecule has 1 heteroatoms. The molecule has 2 atom stereocenters. The quantitative estimate of drug-likeness (QED) is 0.689. The van der Waals surface area contributed by atoms with E-state index in [0.717, 1.165) is 18.4 Å². The molecule has 1 aromatic rings. The number of fused-ring (bicyclic) bond motifs is 1. The minimum atomic E-state index is 0.321. The molecule has 0 bridgehead atoms. The smallest absolute Gasteiger partial charge is 0.166 e. The first-order valence-electron chi connectivity index (χ1n) is 6.42. The number of benzene rings is 1. The fraction of sp³-hybridized carbons (Fsp3) is 0.533. The van der Waals surface area contributed by atoms with Crippen LogP contribution in [0.3, 0.4) is 0 Å². The Morgan fingerprint density at radius 2 is 1.88 bits per heavy atom. The van der Waals surface area contributed by atoms with E-state index in [4.69, 9.17) is 0 Å². The Labute approximate surface area is 96.9 Å². The van der Waals surface area contributed by atoms with Gasteiger partial charge in [0.05, 0.1) is 0 Å². The van der Waals surface area contributed by atoms with Crippen molar-refractivity contribution in [2.24, 2.45) is 11.8 Å². The van der Waals surface area contributed by atoms with Crippen molar-refractivity contribution in [3.63, 3.8) is 0 Å². The molecule has 2 aliphatic carbocycles. The molecule has 0 spiro atoms. The van der Waals surface area contributed by atoms with Gasteiger partial charge in [-0.15, -0.1) is 0 Å². The third kappa shape index (κ3) is 1.68. The lowest BCUT2D eigenvalue weighted by Crippen LogP contribution is -2.07. The molecule has 2 unspecified atom stereocenters. The highest BCUT2D eigenvalue weighted by molar-refractivity contribution is 5.99. The van der Waals surface area contributed by atoms with Crippen LogP contribution in [0.25, 0.3) is 0 Å². The van der Waals surface area contributed by atoms with Crippen molar-refractivity contribution in [1.29, 1.82) is 0 Å². The molecule has 0 saturated heterocycles. The third-order valence-corrected chi connectivity index (χ3v) is 4.08. The average Bonchev–Trinajstić information content (AvgIpc) is 3.05. The van der Waals surface area contributed by atoms with Gasteiger partial charge in [-0.25, -0.2) is 0 Å². The first-order valence-corrected chi connectivity index (χ1v) is 6.42. The standard InChI is InChI=1S/C15H18O/c1-10-8-14(10)15(16)13-7-6-11-4-2-3-5-12(11)9-13/h6-7,9-10,14H,2-5,8H2,1H3. The van der Waals surface area contributed by atoms with E-state index in [-0.39, 0.29) is 0 Å². The van der Waals surface area contributed by atoms with Gasteiger partial charge in [0, 0.05) is 11.5 Å². The lowest BCUT2D eigenvalue weighted by atomic mass is 9.89. The lowest BCUT2D eigenvalue weighted by molar-refractivity contribution is 0.0962. The van der Waals surface area contributed by atoms with Gasteiger partial charge >= 0.3 is 0 Å². The van der Waals surface area contributed by atoms with Crippen LogP contribution in [0.1, 0.15) is 47.7 Å². The van der Waals surface area contributed by atoms with Crippen molar-refractivity contribution >= 4 is 5.78 Å². The van der Waals surface area contributed by atoms with Gasteiger partial charge in [0.2, 0.25) is 0 Å². The number of ketones is 1. The summed E-state index contributed by atoms with van der Waals surface area (Å²) in [4.78, 5) is 12.1. The van der Waals surface area contributed by atoms with Gasteiger partial charge in [-0.3, -0.25) is 4.79 Å². The summed E-state index contributed by atoms with van der Waals surface area (Å²) in [5.74, 6) is 1.31. The average molecular weight is 214 g/mol. The number of rotatable bonds is 2. The number of aryl methyl sites for hydroxylation is 2. The molecule has 1 nitrogen and oxygen atoms in total. The van der Waals surface area contributed by atoms with E-state index in [1.165, 1.54) is 30.4 Å². The highest BCUT2D eigenvalue weighted by Gasteiger charge is 2.39. The van der Waals surface area contributed by atoms with Gasteiger partial charge in [0.15, 0.2) is 5.78 Å². The summed E-state index contributed by atoms with van der Waals surface area (Å²) in [5.41, 5.74) is 3.84. The predicted molar refractivity (Wildman–Crippen MR) is 64.7 cm³/mol. The Kier molecular flexibility index (Phi) is 2.34. The molecular formula is C15H18O. The summed E-state index contributed by atoms with van der Waals surface area (Å²) in [7, 11) is 0. The van der Waals surface area contributed by atoms with E-state index in [1.54, 1.807) is 0 Å². The van der Waals surface area contributed by atoms with Crippen molar-refractivity contribution in [1.82, 2.24) is 0 Å². The van der Waals surface area contributed by atoms with Crippen LogP contribution >= 0.6 is 0 Å². The number of carbonyl (C=O) groups excluding carboxylic acids is 1. The van der Waals surface area contributed by atoms with E-state index in [2.05, 4.69) is 19.1 Å². The molecule has 2 aliphatic rings. The van der Waals surface area contributed by atoms with E-state index in [1.807, 2.05) is 6.07 Å². The van der Waals surface area contributed by atoms with Gasteiger partial charge in [-0.05, 0) is 55.2 Å². The summed E-state index contributed by atoms with van der Waals surface area (Å²) in [6.07, 6.45) is 6.04. The molecule has 0 N–H and O–H groups in total. The summed E-state index contributed by atoms with van der Waals surface area (Å²) < 4.78 is 0. The second kappa shape index (κ2) is 3.73. The van der Waals surface area contributed by atoms with Crippen molar-refractivity contribution < 1.29 is 4.79 Å². The maximum atomic E-state index is 12.1. The summed E-state index contributed by atoms with van der Waals surface area (Å²) in [5, 5.41) is 0. The van der Waals surface area contributed by atoms with Crippen molar-refractivity contribution in [3.05, 3.63) is 34.9 Å². The molecule has 16 heavy (non-hydrogen) atoms. The number of hydrogen-bond donors (Lipinski definition) is 0. The van der Waals surface area contributed by atoms with Crippen LogP contribution in [0.4, 0.5) is 0 Å². The number of hydrogen-bond acceptors (Lipinski definition) is 1. The van der Waals surface area contributed by atoms with Crippen LogP contribution in [-0.4, -0.2) is 5.78 Å². The van der Waals surface area contributed by atoms with Crippen LogP contribution in [0.2, 0.25) is 0 Å². The van der Waals surface area contributed by atoms with Gasteiger partial charge in [0.1, 0.15) is 0 Å². The Morgan fingerprint density at radius 1 is 1.19 bits per heavy atom. The maximum Gasteiger partial charge on any atom is 0.166 e. The molecule has 0 amide bonds. The monoisotopic (exact) mass is 214 g/mol. The van der Waals surface area contributed by atoms with Gasteiger partial charge in [-0.2, -0.15) is 0 Å². The van der Waals surface area contributed by atoms with E-state index in [9.17, 15) is 4.79 Å². The molecule has 0 aromatic heterocycles. The SMILES string of the molecule is CC1CC1C(=O)c1ccc2c(c1)CCCC2. The first kappa shape index (κ1) is 10.1. The molecule has 0 heterocycles. The van der Waals surface area contributed by atoms with Crippen molar-refractivity contribution in [3.8, 4) is 0 Å². The fourth-order valence-electron chi connectivity index (χ4n) is 2.79. The normalized spacial score (nSPS) is 27.3. The Bertz CT molecular complexity index is 433. The minimum absolute atomic E-state index is 0.321. The fourth-order valence-corrected chi connectivity index (χ4v) is 2.79. The van der Waals surface area contributed by atoms with Crippen molar-refractivity contribution in [2.45, 2.75) is 39.0 Å². The molecule has 84 valence electrons. The third-order valence-electron chi connectivity index (χ3n) is 4.08. The number of Topliss-reactive ketones (excluding diaryl/α,β-unsaturated/α-hetero) is 1. The Balaban J connectivity index is 1.88. The largest absolute Gasteiger partial charge is 0.294 e. The van der Waals surface area contributed by atoms with Gasteiger partial charge in [0.25, 0.3) is 0 Å². The van der Waals surface area contributed by atoms with E-state index < -0.39 is 0 Å². The second-order valence-electron chi connectivity index (χ2n) is 5.37. The highest BCUT2D eigenvalue weighted by atomic mass is 16.1.